The summed E-state index contributed by atoms with van der Waals surface area (Å²) in [5, 5.41) is 6.59. The SMILES string of the molecule is Cc1ccc(Oc2ccc(NC(=O)C3CCCN(S(=O)(=O)c4c(C)noc4C)C3)cn2)cc1C. The van der Waals surface area contributed by atoms with E-state index < -0.39 is 15.9 Å². The predicted molar refractivity (Wildman–Crippen MR) is 126 cm³/mol. The number of nitrogens with zero attached hydrogens (tertiary/aromatic N) is 3. The molecule has 1 amide bonds. The van der Waals surface area contributed by atoms with Crippen molar-refractivity contribution in [2.45, 2.75) is 45.4 Å². The molecule has 0 aliphatic carbocycles. The zero-order chi connectivity index (χ0) is 24.5. The second kappa shape index (κ2) is 9.55. The van der Waals surface area contributed by atoms with Gasteiger partial charge in [0.25, 0.3) is 0 Å². The molecule has 1 N–H and O–H groups in total. The predicted octanol–water partition coefficient (Wildman–Crippen LogP) is 4.13. The number of aryl methyl sites for hydroxylation is 4. The van der Waals surface area contributed by atoms with E-state index in [4.69, 9.17) is 9.26 Å². The first kappa shape index (κ1) is 23.9. The molecule has 1 unspecified atom stereocenters. The molecule has 1 aliphatic rings. The van der Waals surface area contributed by atoms with E-state index >= 15 is 0 Å². The van der Waals surface area contributed by atoms with Crippen molar-refractivity contribution in [1.82, 2.24) is 14.4 Å². The normalized spacial score (nSPS) is 16.9. The number of sulfonamides is 1. The third-order valence-electron chi connectivity index (χ3n) is 6.03. The Morgan fingerprint density at radius 3 is 2.59 bits per heavy atom. The van der Waals surface area contributed by atoms with E-state index in [2.05, 4.69) is 15.5 Å². The van der Waals surface area contributed by atoms with Crippen molar-refractivity contribution in [3.05, 3.63) is 59.1 Å². The minimum Gasteiger partial charge on any atom is -0.439 e. The summed E-state index contributed by atoms with van der Waals surface area (Å²) >= 11 is 0. The largest absolute Gasteiger partial charge is 0.439 e. The molecule has 1 aliphatic heterocycles. The fourth-order valence-corrected chi connectivity index (χ4v) is 5.82. The van der Waals surface area contributed by atoms with Crippen LogP contribution in [0.5, 0.6) is 11.6 Å². The average molecular weight is 485 g/mol. The highest BCUT2D eigenvalue weighted by Gasteiger charge is 2.36. The summed E-state index contributed by atoms with van der Waals surface area (Å²) in [6.07, 6.45) is 2.71. The Balaban J connectivity index is 1.40. The maximum Gasteiger partial charge on any atom is 0.248 e. The number of anilines is 1. The van der Waals surface area contributed by atoms with Gasteiger partial charge < -0.3 is 14.6 Å². The molecule has 1 fully saturated rings. The Bertz CT molecular complexity index is 1280. The molecule has 10 heteroatoms. The smallest absolute Gasteiger partial charge is 0.248 e. The maximum absolute atomic E-state index is 13.1. The first-order valence-corrected chi connectivity index (χ1v) is 12.5. The Kier molecular flexibility index (Phi) is 6.72. The van der Waals surface area contributed by atoms with Crippen molar-refractivity contribution in [1.29, 1.82) is 0 Å². The summed E-state index contributed by atoms with van der Waals surface area (Å²) in [4.78, 5) is 17.2. The molecule has 1 aromatic carbocycles. The second-order valence-corrected chi connectivity index (χ2v) is 10.5. The van der Waals surface area contributed by atoms with Crippen LogP contribution in [-0.2, 0) is 14.8 Å². The molecule has 3 aromatic rings. The third-order valence-corrected chi connectivity index (χ3v) is 8.14. The highest BCUT2D eigenvalue weighted by atomic mass is 32.2. The van der Waals surface area contributed by atoms with E-state index in [1.54, 1.807) is 26.0 Å². The first-order valence-electron chi connectivity index (χ1n) is 11.1. The van der Waals surface area contributed by atoms with Crippen molar-refractivity contribution in [3.8, 4) is 11.6 Å². The van der Waals surface area contributed by atoms with Crippen molar-refractivity contribution in [2.24, 2.45) is 5.92 Å². The van der Waals surface area contributed by atoms with Gasteiger partial charge in [-0.25, -0.2) is 13.4 Å². The lowest BCUT2D eigenvalue weighted by Crippen LogP contribution is -2.43. The van der Waals surface area contributed by atoms with Crippen LogP contribution in [0.3, 0.4) is 0 Å². The van der Waals surface area contributed by atoms with Crippen LogP contribution < -0.4 is 10.1 Å². The Morgan fingerprint density at radius 1 is 1.15 bits per heavy atom. The molecule has 180 valence electrons. The van der Waals surface area contributed by atoms with Crippen LogP contribution in [0.25, 0.3) is 0 Å². The highest BCUT2D eigenvalue weighted by molar-refractivity contribution is 7.89. The molecule has 1 saturated heterocycles. The number of benzene rings is 1. The van der Waals surface area contributed by atoms with Crippen molar-refractivity contribution < 1.29 is 22.5 Å². The van der Waals surface area contributed by atoms with Gasteiger partial charge in [0.15, 0.2) is 5.76 Å². The zero-order valence-electron chi connectivity index (χ0n) is 19.7. The van der Waals surface area contributed by atoms with Crippen LogP contribution in [0, 0.1) is 33.6 Å². The number of hydrogen-bond acceptors (Lipinski definition) is 7. The van der Waals surface area contributed by atoms with E-state index in [0.29, 0.717) is 42.4 Å². The first-order chi connectivity index (χ1) is 16.1. The Morgan fingerprint density at radius 2 is 1.94 bits per heavy atom. The van der Waals surface area contributed by atoms with Crippen LogP contribution in [0.15, 0.2) is 45.9 Å². The number of carbonyl (C=O) groups is 1. The number of ether oxygens (including phenoxy) is 1. The molecule has 0 saturated carbocycles. The van der Waals surface area contributed by atoms with Crippen LogP contribution in [0.1, 0.15) is 35.4 Å². The summed E-state index contributed by atoms with van der Waals surface area (Å²) in [7, 11) is -3.79. The van der Waals surface area contributed by atoms with E-state index in [1.165, 1.54) is 16.1 Å². The molecular weight excluding hydrogens is 456 g/mol. The number of aromatic nitrogens is 2. The van der Waals surface area contributed by atoms with Crippen molar-refractivity contribution in [3.63, 3.8) is 0 Å². The van der Waals surface area contributed by atoms with E-state index in [9.17, 15) is 13.2 Å². The van der Waals surface area contributed by atoms with Gasteiger partial charge >= 0.3 is 0 Å². The monoisotopic (exact) mass is 484 g/mol. The van der Waals surface area contributed by atoms with Gasteiger partial charge in [-0.05, 0) is 69.9 Å². The van der Waals surface area contributed by atoms with Crippen LogP contribution in [0.4, 0.5) is 5.69 Å². The van der Waals surface area contributed by atoms with Gasteiger partial charge in [0.05, 0.1) is 17.8 Å². The van der Waals surface area contributed by atoms with E-state index in [1.807, 2.05) is 32.0 Å². The standard InChI is InChI=1S/C24H28N4O5S/c1-15-7-9-21(12-16(15)2)32-22-10-8-20(13-25-22)26-24(29)19-6-5-11-28(14-19)34(30,31)23-17(3)27-33-18(23)4/h7-10,12-13,19H,5-6,11,14H2,1-4H3,(H,26,29). The quantitative estimate of drug-likeness (QED) is 0.559. The summed E-state index contributed by atoms with van der Waals surface area (Å²) in [5.74, 6) is 0.627. The molecular formula is C24H28N4O5S. The third kappa shape index (κ3) is 4.97. The van der Waals surface area contributed by atoms with Crippen molar-refractivity contribution >= 4 is 21.6 Å². The molecule has 9 nitrogen and oxygen atoms in total. The number of carbonyl (C=O) groups excluding carboxylic acids is 1. The fraction of sp³-hybridized carbons (Fsp3) is 0.375. The lowest BCUT2D eigenvalue weighted by molar-refractivity contribution is -0.120. The van der Waals surface area contributed by atoms with E-state index in [0.717, 1.165) is 5.56 Å². The molecule has 1 atom stereocenters. The molecule has 34 heavy (non-hydrogen) atoms. The molecule has 4 rings (SSSR count). The fourth-order valence-electron chi connectivity index (χ4n) is 4.00. The van der Waals surface area contributed by atoms with Crippen LogP contribution >= 0.6 is 0 Å². The van der Waals surface area contributed by atoms with Crippen molar-refractivity contribution in [2.75, 3.05) is 18.4 Å². The number of piperidine rings is 1. The number of rotatable bonds is 6. The molecule has 0 bridgehead atoms. The number of amides is 1. The topological polar surface area (TPSA) is 115 Å². The Hall–Kier alpha value is -3.24. The highest BCUT2D eigenvalue weighted by Crippen LogP contribution is 2.28. The summed E-state index contributed by atoms with van der Waals surface area (Å²) in [6.45, 7) is 7.66. The maximum atomic E-state index is 13.1. The van der Waals surface area contributed by atoms with Crippen LogP contribution in [0.2, 0.25) is 0 Å². The minimum atomic E-state index is -3.79. The van der Waals surface area contributed by atoms with Gasteiger partial charge in [-0.2, -0.15) is 4.31 Å². The van der Waals surface area contributed by atoms with Gasteiger partial charge in [0.2, 0.25) is 21.8 Å². The second-order valence-electron chi connectivity index (χ2n) is 8.58. The minimum absolute atomic E-state index is 0.0807. The lowest BCUT2D eigenvalue weighted by Gasteiger charge is -2.31. The summed E-state index contributed by atoms with van der Waals surface area (Å²) < 4.78 is 38.4. The van der Waals surface area contributed by atoms with Gasteiger partial charge in [-0.3, -0.25) is 4.79 Å². The molecule has 3 heterocycles. The molecule has 2 aromatic heterocycles. The van der Waals surface area contributed by atoms with E-state index in [-0.39, 0.29) is 23.1 Å². The van der Waals surface area contributed by atoms with Gasteiger partial charge in [0, 0.05) is 19.2 Å². The Labute approximate surface area is 199 Å². The molecule has 0 spiro atoms. The number of pyridine rings is 1. The zero-order valence-corrected chi connectivity index (χ0v) is 20.5. The summed E-state index contributed by atoms with van der Waals surface area (Å²) in [5.41, 5.74) is 3.14. The van der Waals surface area contributed by atoms with Gasteiger partial charge in [0.1, 0.15) is 16.3 Å². The lowest BCUT2D eigenvalue weighted by atomic mass is 9.99. The number of nitrogens with one attached hydrogen (secondary N) is 1. The average Bonchev–Trinajstić information content (AvgIpc) is 3.16. The van der Waals surface area contributed by atoms with Crippen LogP contribution in [-0.4, -0.2) is 41.9 Å². The number of hydrogen-bond donors (Lipinski definition) is 1. The van der Waals surface area contributed by atoms with Gasteiger partial charge in [-0.15, -0.1) is 0 Å². The molecule has 0 radical (unpaired) electrons. The van der Waals surface area contributed by atoms with Gasteiger partial charge in [-0.1, -0.05) is 11.2 Å². The summed E-state index contributed by atoms with van der Waals surface area (Å²) in [6, 6.07) is 9.20.